The number of aromatic amines is 1. The van der Waals surface area contributed by atoms with Crippen molar-refractivity contribution in [2.45, 2.75) is 19.4 Å². The number of hydrogen-bond acceptors (Lipinski definition) is 2. The van der Waals surface area contributed by atoms with Crippen molar-refractivity contribution in [1.29, 1.82) is 0 Å². The summed E-state index contributed by atoms with van der Waals surface area (Å²) in [6.07, 6.45) is 0.449. The van der Waals surface area contributed by atoms with Crippen molar-refractivity contribution in [3.05, 3.63) is 67.7 Å². The summed E-state index contributed by atoms with van der Waals surface area (Å²) in [5, 5.41) is 0.0141. The molecule has 0 aliphatic rings. The number of aromatic nitrogens is 2. The summed E-state index contributed by atoms with van der Waals surface area (Å²) < 4.78 is 13.9. The van der Waals surface area contributed by atoms with Crippen LogP contribution in [0.2, 0.25) is 5.15 Å². The highest BCUT2D eigenvalue weighted by molar-refractivity contribution is 6.29. The molecule has 1 aromatic heterocycles. The molecule has 0 saturated heterocycles. The number of hydrogen-bond donors (Lipinski definition) is 1. The molecule has 0 aliphatic heterocycles. The Morgan fingerprint density at radius 2 is 1.95 bits per heavy atom. The maximum atomic E-state index is 12.8. The zero-order chi connectivity index (χ0) is 14.0. The first kappa shape index (κ1) is 13.5. The standard InChI is InChI=1S/C13H12ClFN2O2/c1-8(6-9-2-4-10(15)5-3-9)17-12(18)7-11(14)16-13(17)19/h2-5,7-8H,6H2,1H3,(H,16,19). The van der Waals surface area contributed by atoms with Gasteiger partial charge in [0.2, 0.25) is 0 Å². The Balaban J connectivity index is 2.30. The Morgan fingerprint density at radius 3 is 2.53 bits per heavy atom. The van der Waals surface area contributed by atoms with Crippen LogP contribution in [0.3, 0.4) is 0 Å². The van der Waals surface area contributed by atoms with Crippen LogP contribution in [0, 0.1) is 5.82 Å². The van der Waals surface area contributed by atoms with Crippen LogP contribution in [0.15, 0.2) is 39.9 Å². The maximum absolute atomic E-state index is 12.8. The first-order chi connectivity index (χ1) is 8.97. The average molecular weight is 283 g/mol. The SMILES string of the molecule is CC(Cc1ccc(F)cc1)n1c(=O)cc(Cl)[nH]c1=O. The molecule has 2 rings (SSSR count). The number of halogens is 2. The summed E-state index contributed by atoms with van der Waals surface area (Å²) in [5.41, 5.74) is -0.161. The van der Waals surface area contributed by atoms with Gasteiger partial charge in [-0.2, -0.15) is 0 Å². The largest absolute Gasteiger partial charge is 0.329 e. The van der Waals surface area contributed by atoms with Crippen molar-refractivity contribution in [3.8, 4) is 0 Å². The van der Waals surface area contributed by atoms with E-state index in [1.165, 1.54) is 12.1 Å². The molecular formula is C13H12ClFN2O2. The summed E-state index contributed by atoms with van der Waals surface area (Å²) in [7, 11) is 0. The van der Waals surface area contributed by atoms with Crippen LogP contribution in [0.1, 0.15) is 18.5 Å². The number of benzene rings is 1. The molecule has 0 radical (unpaired) electrons. The van der Waals surface area contributed by atoms with Gasteiger partial charge < -0.3 is 0 Å². The quantitative estimate of drug-likeness (QED) is 0.877. The molecule has 0 spiro atoms. The second-order valence-electron chi connectivity index (χ2n) is 4.31. The predicted molar refractivity (Wildman–Crippen MR) is 71.1 cm³/mol. The minimum absolute atomic E-state index is 0.0141. The summed E-state index contributed by atoms with van der Waals surface area (Å²) >= 11 is 5.59. The second kappa shape index (κ2) is 5.40. The molecule has 0 bridgehead atoms. The molecule has 6 heteroatoms. The van der Waals surface area contributed by atoms with E-state index in [0.717, 1.165) is 16.2 Å². The molecular weight excluding hydrogens is 271 g/mol. The molecule has 1 unspecified atom stereocenters. The highest BCUT2D eigenvalue weighted by Crippen LogP contribution is 2.11. The van der Waals surface area contributed by atoms with Gasteiger partial charge in [-0.1, -0.05) is 23.7 Å². The number of rotatable bonds is 3. The lowest BCUT2D eigenvalue weighted by atomic mass is 10.1. The molecule has 1 aromatic carbocycles. The van der Waals surface area contributed by atoms with E-state index in [1.807, 2.05) is 0 Å². The van der Waals surface area contributed by atoms with Crippen LogP contribution in [0.4, 0.5) is 4.39 Å². The van der Waals surface area contributed by atoms with Crippen molar-refractivity contribution in [2.24, 2.45) is 0 Å². The van der Waals surface area contributed by atoms with Crippen LogP contribution in [-0.2, 0) is 6.42 Å². The van der Waals surface area contributed by atoms with E-state index in [-0.39, 0.29) is 17.0 Å². The minimum Gasteiger partial charge on any atom is -0.298 e. The Kier molecular flexibility index (Phi) is 3.85. The highest BCUT2D eigenvalue weighted by atomic mass is 35.5. The van der Waals surface area contributed by atoms with Gasteiger partial charge in [-0.15, -0.1) is 0 Å². The van der Waals surface area contributed by atoms with E-state index in [0.29, 0.717) is 6.42 Å². The average Bonchev–Trinajstić information content (AvgIpc) is 2.30. The zero-order valence-electron chi connectivity index (χ0n) is 10.2. The molecule has 19 heavy (non-hydrogen) atoms. The zero-order valence-corrected chi connectivity index (χ0v) is 10.9. The Morgan fingerprint density at radius 1 is 1.32 bits per heavy atom. The number of H-pyrrole nitrogens is 1. The molecule has 4 nitrogen and oxygen atoms in total. The van der Waals surface area contributed by atoms with Crippen LogP contribution < -0.4 is 11.2 Å². The normalized spacial score (nSPS) is 12.4. The second-order valence-corrected chi connectivity index (χ2v) is 4.72. The Bertz CT molecular complexity index is 660. The van der Waals surface area contributed by atoms with Gasteiger partial charge in [0, 0.05) is 12.1 Å². The van der Waals surface area contributed by atoms with E-state index in [9.17, 15) is 14.0 Å². The van der Waals surface area contributed by atoms with Gasteiger partial charge in [0.05, 0.1) is 0 Å². The van der Waals surface area contributed by atoms with Crippen molar-refractivity contribution in [3.63, 3.8) is 0 Å². The highest BCUT2D eigenvalue weighted by Gasteiger charge is 2.12. The fourth-order valence-electron chi connectivity index (χ4n) is 1.95. The topological polar surface area (TPSA) is 54.9 Å². The third-order valence-electron chi connectivity index (χ3n) is 2.82. The summed E-state index contributed by atoms with van der Waals surface area (Å²) in [6, 6.07) is 6.75. The third kappa shape index (κ3) is 3.12. The van der Waals surface area contributed by atoms with Crippen LogP contribution in [0.25, 0.3) is 0 Å². The molecule has 0 saturated carbocycles. The first-order valence-electron chi connectivity index (χ1n) is 5.73. The third-order valence-corrected chi connectivity index (χ3v) is 3.02. The lowest BCUT2D eigenvalue weighted by Gasteiger charge is -2.13. The van der Waals surface area contributed by atoms with Gasteiger partial charge in [0.15, 0.2) is 0 Å². The minimum atomic E-state index is -0.549. The van der Waals surface area contributed by atoms with Gasteiger partial charge in [-0.3, -0.25) is 14.3 Å². The fraction of sp³-hybridized carbons (Fsp3) is 0.231. The Hall–Kier alpha value is -1.88. The summed E-state index contributed by atoms with van der Waals surface area (Å²) in [4.78, 5) is 25.8. The van der Waals surface area contributed by atoms with E-state index in [2.05, 4.69) is 4.98 Å². The molecule has 0 amide bonds. The van der Waals surface area contributed by atoms with E-state index in [4.69, 9.17) is 11.6 Å². The maximum Gasteiger partial charge on any atom is 0.329 e. The van der Waals surface area contributed by atoms with Gasteiger partial charge in [0.25, 0.3) is 5.56 Å². The Labute approximate surface area is 113 Å². The molecule has 1 N–H and O–H groups in total. The first-order valence-corrected chi connectivity index (χ1v) is 6.11. The predicted octanol–water partition coefficient (Wildman–Crippen LogP) is 2.13. The monoisotopic (exact) mass is 282 g/mol. The number of nitrogens with zero attached hydrogens (tertiary/aromatic N) is 1. The van der Waals surface area contributed by atoms with Crippen molar-refractivity contribution < 1.29 is 4.39 Å². The molecule has 0 fully saturated rings. The van der Waals surface area contributed by atoms with Crippen LogP contribution in [-0.4, -0.2) is 9.55 Å². The smallest absolute Gasteiger partial charge is 0.298 e. The number of nitrogens with one attached hydrogen (secondary N) is 1. The molecule has 1 heterocycles. The van der Waals surface area contributed by atoms with Gasteiger partial charge in [-0.25, -0.2) is 9.18 Å². The van der Waals surface area contributed by atoms with Crippen LogP contribution >= 0.6 is 11.6 Å². The lowest BCUT2D eigenvalue weighted by Crippen LogP contribution is -2.37. The molecule has 0 aliphatic carbocycles. The van der Waals surface area contributed by atoms with E-state index < -0.39 is 11.2 Å². The summed E-state index contributed by atoms with van der Waals surface area (Å²) in [5.74, 6) is -0.321. The van der Waals surface area contributed by atoms with Crippen molar-refractivity contribution in [1.82, 2.24) is 9.55 Å². The lowest BCUT2D eigenvalue weighted by molar-refractivity contribution is 0.500. The van der Waals surface area contributed by atoms with Crippen molar-refractivity contribution in [2.75, 3.05) is 0 Å². The molecule has 1 atom stereocenters. The summed E-state index contributed by atoms with van der Waals surface area (Å²) in [6.45, 7) is 1.74. The van der Waals surface area contributed by atoms with Crippen LogP contribution in [0.5, 0.6) is 0 Å². The molecule has 100 valence electrons. The van der Waals surface area contributed by atoms with Crippen molar-refractivity contribution >= 4 is 11.6 Å². The van der Waals surface area contributed by atoms with E-state index in [1.54, 1.807) is 19.1 Å². The fourth-order valence-corrected chi connectivity index (χ4v) is 2.12. The van der Waals surface area contributed by atoms with Gasteiger partial charge >= 0.3 is 5.69 Å². The molecule has 2 aromatic rings. The van der Waals surface area contributed by atoms with Gasteiger partial charge in [0.1, 0.15) is 11.0 Å². The van der Waals surface area contributed by atoms with Gasteiger partial charge in [-0.05, 0) is 31.0 Å². The van der Waals surface area contributed by atoms with E-state index >= 15 is 0 Å².